The number of rotatable bonds is 6. The predicted molar refractivity (Wildman–Crippen MR) is 104 cm³/mol. The molecule has 5 nitrogen and oxygen atoms in total. The number of amides is 2. The molecule has 2 N–H and O–H groups in total. The standard InChI is InChI=1S/C22H23F3N2O3/c1-21(2,13-28)12-27-18(16-8-3-4-9-17(16)20(27)30)19(29)26-11-14-6-5-7-15(10-14)22(23,24)25/h3-10,18,28H,11-13H2,1-2H3,(H,26,29). The molecule has 30 heavy (non-hydrogen) atoms. The fourth-order valence-electron chi connectivity index (χ4n) is 3.47. The van der Waals surface area contributed by atoms with Gasteiger partial charge in [-0.3, -0.25) is 9.59 Å². The van der Waals surface area contributed by atoms with Crippen molar-refractivity contribution in [2.75, 3.05) is 13.2 Å². The Balaban J connectivity index is 1.83. The van der Waals surface area contributed by atoms with E-state index in [1.54, 1.807) is 38.1 Å². The van der Waals surface area contributed by atoms with Crippen LogP contribution in [0.3, 0.4) is 0 Å². The lowest BCUT2D eigenvalue weighted by Crippen LogP contribution is -2.44. The summed E-state index contributed by atoms with van der Waals surface area (Å²) >= 11 is 0. The molecular formula is C22H23F3N2O3. The number of carbonyl (C=O) groups is 2. The first-order chi connectivity index (χ1) is 14.0. The summed E-state index contributed by atoms with van der Waals surface area (Å²) in [4.78, 5) is 27.3. The van der Waals surface area contributed by atoms with E-state index < -0.39 is 29.1 Å². The number of halogens is 3. The molecule has 0 saturated carbocycles. The summed E-state index contributed by atoms with van der Waals surface area (Å²) in [6.07, 6.45) is -4.47. The third-order valence-corrected chi connectivity index (χ3v) is 5.05. The van der Waals surface area contributed by atoms with E-state index in [0.717, 1.165) is 12.1 Å². The van der Waals surface area contributed by atoms with Crippen LogP contribution < -0.4 is 5.32 Å². The molecule has 1 aliphatic rings. The van der Waals surface area contributed by atoms with Crippen molar-refractivity contribution >= 4 is 11.8 Å². The molecule has 1 unspecified atom stereocenters. The number of fused-ring (bicyclic) bond motifs is 1. The van der Waals surface area contributed by atoms with Crippen molar-refractivity contribution < 1.29 is 27.9 Å². The van der Waals surface area contributed by atoms with E-state index in [9.17, 15) is 27.9 Å². The fraction of sp³-hybridized carbons (Fsp3) is 0.364. The Labute approximate surface area is 172 Å². The highest BCUT2D eigenvalue weighted by Gasteiger charge is 2.42. The van der Waals surface area contributed by atoms with Crippen molar-refractivity contribution in [3.8, 4) is 0 Å². The number of benzene rings is 2. The number of carbonyl (C=O) groups excluding carboxylic acids is 2. The van der Waals surface area contributed by atoms with Crippen molar-refractivity contribution in [3.05, 3.63) is 70.8 Å². The van der Waals surface area contributed by atoms with Gasteiger partial charge < -0.3 is 15.3 Å². The SMILES string of the molecule is CC(C)(CO)CN1C(=O)c2ccccc2C1C(=O)NCc1cccc(C(F)(F)F)c1. The highest BCUT2D eigenvalue weighted by molar-refractivity contribution is 6.04. The molecular weight excluding hydrogens is 397 g/mol. The Hall–Kier alpha value is -2.87. The number of hydrogen-bond acceptors (Lipinski definition) is 3. The summed E-state index contributed by atoms with van der Waals surface area (Å²) < 4.78 is 38.7. The quantitative estimate of drug-likeness (QED) is 0.751. The zero-order chi connectivity index (χ0) is 22.1. The van der Waals surface area contributed by atoms with Crippen molar-refractivity contribution in [2.45, 2.75) is 32.6 Å². The number of alkyl halides is 3. The molecule has 0 aliphatic carbocycles. The summed E-state index contributed by atoms with van der Waals surface area (Å²) in [5.41, 5.74) is -0.166. The molecule has 1 heterocycles. The number of aliphatic hydroxyl groups is 1. The predicted octanol–water partition coefficient (Wildman–Crippen LogP) is 3.54. The highest BCUT2D eigenvalue weighted by Crippen LogP contribution is 2.36. The minimum atomic E-state index is -4.47. The van der Waals surface area contributed by atoms with E-state index in [1.165, 1.54) is 17.0 Å². The summed E-state index contributed by atoms with van der Waals surface area (Å²) in [7, 11) is 0. The Kier molecular flexibility index (Phi) is 5.90. The van der Waals surface area contributed by atoms with Crippen LogP contribution in [0, 0.1) is 5.41 Å². The molecule has 0 radical (unpaired) electrons. The first-order valence-electron chi connectivity index (χ1n) is 9.48. The first-order valence-corrected chi connectivity index (χ1v) is 9.48. The second-order valence-corrected chi connectivity index (χ2v) is 8.16. The van der Waals surface area contributed by atoms with Crippen LogP contribution in [-0.4, -0.2) is 35.0 Å². The van der Waals surface area contributed by atoms with Crippen LogP contribution in [0.15, 0.2) is 48.5 Å². The van der Waals surface area contributed by atoms with E-state index in [1.807, 2.05) is 0 Å². The van der Waals surface area contributed by atoms with Crippen LogP contribution >= 0.6 is 0 Å². The van der Waals surface area contributed by atoms with Gasteiger partial charge in [0.1, 0.15) is 6.04 Å². The topological polar surface area (TPSA) is 69.6 Å². The maximum absolute atomic E-state index is 13.0. The minimum Gasteiger partial charge on any atom is -0.396 e. The molecule has 160 valence electrons. The average molecular weight is 420 g/mol. The Bertz CT molecular complexity index is 957. The Morgan fingerprint density at radius 2 is 1.83 bits per heavy atom. The molecule has 0 saturated heterocycles. The van der Waals surface area contributed by atoms with E-state index in [-0.39, 0.29) is 25.6 Å². The minimum absolute atomic E-state index is 0.104. The van der Waals surface area contributed by atoms with Gasteiger partial charge in [0.25, 0.3) is 5.91 Å². The van der Waals surface area contributed by atoms with Gasteiger partial charge >= 0.3 is 6.18 Å². The van der Waals surface area contributed by atoms with Crippen LogP contribution in [0.4, 0.5) is 13.2 Å². The number of hydrogen-bond donors (Lipinski definition) is 2. The molecule has 0 bridgehead atoms. The third kappa shape index (κ3) is 4.48. The van der Waals surface area contributed by atoms with Crippen molar-refractivity contribution in [3.63, 3.8) is 0 Å². The average Bonchev–Trinajstić information content (AvgIpc) is 2.97. The van der Waals surface area contributed by atoms with Crippen LogP contribution in [0.1, 0.15) is 46.9 Å². The van der Waals surface area contributed by atoms with Gasteiger partial charge in [0.05, 0.1) is 5.56 Å². The van der Waals surface area contributed by atoms with Crippen molar-refractivity contribution in [2.24, 2.45) is 5.41 Å². The van der Waals surface area contributed by atoms with Crippen LogP contribution in [0.2, 0.25) is 0 Å². The summed E-state index contributed by atoms with van der Waals surface area (Å²) in [5, 5.41) is 12.2. The molecule has 2 aromatic carbocycles. The fourth-order valence-corrected chi connectivity index (χ4v) is 3.47. The molecule has 0 fully saturated rings. The number of nitrogens with zero attached hydrogens (tertiary/aromatic N) is 1. The lowest BCUT2D eigenvalue weighted by atomic mass is 9.93. The largest absolute Gasteiger partial charge is 0.416 e. The van der Waals surface area contributed by atoms with E-state index in [2.05, 4.69) is 5.32 Å². The second-order valence-electron chi connectivity index (χ2n) is 8.16. The van der Waals surface area contributed by atoms with Crippen LogP contribution in [-0.2, 0) is 17.5 Å². The Morgan fingerprint density at radius 1 is 1.13 bits per heavy atom. The van der Waals surface area contributed by atoms with Gasteiger partial charge in [0, 0.05) is 30.7 Å². The van der Waals surface area contributed by atoms with Crippen LogP contribution in [0.5, 0.6) is 0 Å². The first kappa shape index (κ1) is 21.8. The van der Waals surface area contributed by atoms with E-state index in [0.29, 0.717) is 16.7 Å². The molecule has 8 heteroatoms. The van der Waals surface area contributed by atoms with Gasteiger partial charge in [-0.1, -0.05) is 44.2 Å². The van der Waals surface area contributed by atoms with Crippen LogP contribution in [0.25, 0.3) is 0 Å². The van der Waals surface area contributed by atoms with Gasteiger partial charge in [0.15, 0.2) is 0 Å². The zero-order valence-electron chi connectivity index (χ0n) is 16.7. The van der Waals surface area contributed by atoms with E-state index >= 15 is 0 Å². The molecule has 1 atom stereocenters. The van der Waals surface area contributed by atoms with E-state index in [4.69, 9.17) is 0 Å². The number of aliphatic hydroxyl groups excluding tert-OH is 1. The van der Waals surface area contributed by atoms with Gasteiger partial charge in [0.2, 0.25) is 5.91 Å². The molecule has 2 aromatic rings. The summed E-state index contributed by atoms with van der Waals surface area (Å²) in [5.74, 6) is -0.800. The van der Waals surface area contributed by atoms with Gasteiger partial charge in [-0.15, -0.1) is 0 Å². The van der Waals surface area contributed by atoms with Gasteiger partial charge in [-0.2, -0.15) is 13.2 Å². The Morgan fingerprint density at radius 3 is 2.50 bits per heavy atom. The lowest BCUT2D eigenvalue weighted by Gasteiger charge is -2.32. The monoisotopic (exact) mass is 420 g/mol. The van der Waals surface area contributed by atoms with Crippen molar-refractivity contribution in [1.82, 2.24) is 10.2 Å². The molecule has 0 aromatic heterocycles. The second kappa shape index (κ2) is 8.10. The smallest absolute Gasteiger partial charge is 0.396 e. The zero-order valence-corrected chi connectivity index (χ0v) is 16.7. The van der Waals surface area contributed by atoms with Crippen molar-refractivity contribution in [1.29, 1.82) is 0 Å². The maximum atomic E-state index is 13.0. The number of nitrogens with one attached hydrogen (secondary N) is 1. The highest BCUT2D eigenvalue weighted by atomic mass is 19.4. The summed E-state index contributed by atoms with van der Waals surface area (Å²) in [6.45, 7) is 3.43. The van der Waals surface area contributed by atoms with Gasteiger partial charge in [-0.25, -0.2) is 0 Å². The molecule has 1 aliphatic heterocycles. The normalized spacial score (nSPS) is 16.5. The maximum Gasteiger partial charge on any atom is 0.416 e. The molecule has 2 amide bonds. The molecule has 3 rings (SSSR count). The summed E-state index contributed by atoms with van der Waals surface area (Å²) in [6, 6.07) is 10.6. The van der Waals surface area contributed by atoms with Gasteiger partial charge in [-0.05, 0) is 29.3 Å². The third-order valence-electron chi connectivity index (χ3n) is 5.05. The molecule has 0 spiro atoms. The lowest BCUT2D eigenvalue weighted by molar-refractivity contribution is -0.137.